The van der Waals surface area contributed by atoms with Crippen LogP contribution in [-0.4, -0.2) is 16.6 Å². The number of fused-ring (bicyclic) bond motifs is 1. The fourth-order valence-electron chi connectivity index (χ4n) is 1.61. The molecule has 0 aliphatic carbocycles. The normalized spacial score (nSPS) is 11.3. The van der Waals surface area contributed by atoms with Crippen molar-refractivity contribution < 1.29 is 4.74 Å². The number of thiophene rings is 1. The predicted octanol–water partition coefficient (Wildman–Crippen LogP) is 3.89. The lowest BCUT2D eigenvalue weighted by Gasteiger charge is -2.03. The second-order valence-corrected chi connectivity index (χ2v) is 5.51. The Labute approximate surface area is 110 Å². The molecule has 17 heavy (non-hydrogen) atoms. The zero-order chi connectivity index (χ0) is 12.4. The number of ether oxygens (including phenoxy) is 1. The Morgan fingerprint density at radius 3 is 2.76 bits per heavy atom. The van der Waals surface area contributed by atoms with Gasteiger partial charge in [0.2, 0.25) is 0 Å². The monoisotopic (exact) mass is 270 g/mol. The number of aryl methyl sites for hydroxylation is 2. The van der Waals surface area contributed by atoms with Crippen molar-refractivity contribution >= 4 is 33.2 Å². The van der Waals surface area contributed by atoms with Crippen molar-refractivity contribution in [1.82, 2.24) is 9.97 Å². The summed E-state index contributed by atoms with van der Waals surface area (Å²) >= 11 is 7.85. The number of halogens is 1. The molecule has 92 valence electrons. The minimum atomic E-state index is 0.430. The SMILES string of the molecule is CCCOCc1nc(Cl)c2c(C)c(C)sc2n1. The maximum atomic E-state index is 6.19. The first kappa shape index (κ1) is 12.7. The van der Waals surface area contributed by atoms with Gasteiger partial charge in [-0.3, -0.25) is 0 Å². The highest BCUT2D eigenvalue weighted by atomic mass is 35.5. The Bertz CT molecular complexity index is 539. The first-order valence-electron chi connectivity index (χ1n) is 5.63. The topological polar surface area (TPSA) is 35.0 Å². The van der Waals surface area contributed by atoms with Gasteiger partial charge in [0.25, 0.3) is 0 Å². The van der Waals surface area contributed by atoms with E-state index in [9.17, 15) is 0 Å². The zero-order valence-corrected chi connectivity index (χ0v) is 11.8. The van der Waals surface area contributed by atoms with E-state index in [2.05, 4.69) is 30.7 Å². The molecule has 5 heteroatoms. The molecule has 0 saturated heterocycles. The van der Waals surface area contributed by atoms with Crippen molar-refractivity contribution in [2.24, 2.45) is 0 Å². The number of nitrogens with zero attached hydrogens (tertiary/aromatic N) is 2. The summed E-state index contributed by atoms with van der Waals surface area (Å²) in [5.41, 5.74) is 1.18. The zero-order valence-electron chi connectivity index (χ0n) is 10.2. The molecule has 0 amide bonds. The molecule has 2 rings (SSSR count). The molecule has 0 aliphatic heterocycles. The lowest BCUT2D eigenvalue weighted by atomic mass is 10.2. The molecule has 0 saturated carbocycles. The average Bonchev–Trinajstić information content (AvgIpc) is 2.55. The maximum Gasteiger partial charge on any atom is 0.157 e. The highest BCUT2D eigenvalue weighted by Crippen LogP contribution is 2.32. The molecular formula is C12H15ClN2OS. The maximum absolute atomic E-state index is 6.19. The van der Waals surface area contributed by atoms with Crippen molar-refractivity contribution in [3.05, 3.63) is 21.4 Å². The predicted molar refractivity (Wildman–Crippen MR) is 71.8 cm³/mol. The van der Waals surface area contributed by atoms with Gasteiger partial charge >= 0.3 is 0 Å². The van der Waals surface area contributed by atoms with Crippen molar-refractivity contribution in [2.45, 2.75) is 33.8 Å². The van der Waals surface area contributed by atoms with E-state index in [0.717, 1.165) is 23.2 Å². The smallest absolute Gasteiger partial charge is 0.157 e. The third-order valence-corrected chi connectivity index (χ3v) is 3.99. The van der Waals surface area contributed by atoms with Gasteiger partial charge in [-0.2, -0.15) is 0 Å². The van der Waals surface area contributed by atoms with Gasteiger partial charge in [0, 0.05) is 11.5 Å². The van der Waals surface area contributed by atoms with E-state index in [4.69, 9.17) is 16.3 Å². The molecule has 2 aromatic rings. The Balaban J connectivity index is 2.35. The Morgan fingerprint density at radius 2 is 2.06 bits per heavy atom. The van der Waals surface area contributed by atoms with Crippen LogP contribution in [0.1, 0.15) is 29.6 Å². The summed E-state index contributed by atoms with van der Waals surface area (Å²) < 4.78 is 5.43. The van der Waals surface area contributed by atoms with Gasteiger partial charge in [0.15, 0.2) is 5.82 Å². The van der Waals surface area contributed by atoms with Crippen LogP contribution in [0.3, 0.4) is 0 Å². The summed E-state index contributed by atoms with van der Waals surface area (Å²) in [6, 6.07) is 0. The summed E-state index contributed by atoms with van der Waals surface area (Å²) in [5.74, 6) is 0.664. The Kier molecular flexibility index (Phi) is 3.97. The lowest BCUT2D eigenvalue weighted by molar-refractivity contribution is 0.116. The lowest BCUT2D eigenvalue weighted by Crippen LogP contribution is -2.00. The highest BCUT2D eigenvalue weighted by molar-refractivity contribution is 7.18. The molecule has 0 fully saturated rings. The third kappa shape index (κ3) is 2.59. The van der Waals surface area contributed by atoms with Gasteiger partial charge in [-0.15, -0.1) is 11.3 Å². The summed E-state index contributed by atoms with van der Waals surface area (Å²) in [5, 5.41) is 1.51. The molecule has 0 bridgehead atoms. The third-order valence-electron chi connectivity index (χ3n) is 2.61. The quantitative estimate of drug-likeness (QED) is 0.625. The largest absolute Gasteiger partial charge is 0.373 e. The van der Waals surface area contributed by atoms with Crippen LogP contribution in [0, 0.1) is 13.8 Å². The van der Waals surface area contributed by atoms with E-state index in [1.54, 1.807) is 11.3 Å². The molecule has 2 heterocycles. The van der Waals surface area contributed by atoms with E-state index in [1.165, 1.54) is 10.4 Å². The van der Waals surface area contributed by atoms with E-state index < -0.39 is 0 Å². The Hall–Kier alpha value is -0.710. The van der Waals surface area contributed by atoms with Crippen molar-refractivity contribution in [2.75, 3.05) is 6.61 Å². The number of hydrogen-bond donors (Lipinski definition) is 0. The van der Waals surface area contributed by atoms with Crippen molar-refractivity contribution in [1.29, 1.82) is 0 Å². The number of aromatic nitrogens is 2. The number of rotatable bonds is 4. The molecule has 0 spiro atoms. The summed E-state index contributed by atoms with van der Waals surface area (Å²) in [6.45, 7) is 7.35. The fraction of sp³-hybridized carbons (Fsp3) is 0.500. The fourth-order valence-corrected chi connectivity index (χ4v) is 3.05. The van der Waals surface area contributed by atoms with Crippen LogP contribution in [0.4, 0.5) is 0 Å². The molecule has 0 atom stereocenters. The summed E-state index contributed by atoms with van der Waals surface area (Å²) in [4.78, 5) is 11.0. The van der Waals surface area contributed by atoms with Crippen LogP contribution in [0.5, 0.6) is 0 Å². The highest BCUT2D eigenvalue weighted by Gasteiger charge is 2.12. The van der Waals surface area contributed by atoms with E-state index in [0.29, 0.717) is 17.6 Å². The minimum absolute atomic E-state index is 0.430. The average molecular weight is 271 g/mol. The second-order valence-electron chi connectivity index (χ2n) is 3.95. The van der Waals surface area contributed by atoms with Crippen LogP contribution in [0.2, 0.25) is 5.15 Å². The van der Waals surface area contributed by atoms with Gasteiger partial charge in [0.1, 0.15) is 16.6 Å². The van der Waals surface area contributed by atoms with Crippen LogP contribution < -0.4 is 0 Å². The summed E-state index contributed by atoms with van der Waals surface area (Å²) in [7, 11) is 0. The van der Waals surface area contributed by atoms with Gasteiger partial charge in [-0.1, -0.05) is 18.5 Å². The molecule has 0 aromatic carbocycles. The second kappa shape index (κ2) is 5.29. The van der Waals surface area contributed by atoms with Crippen LogP contribution in [-0.2, 0) is 11.3 Å². The first-order chi connectivity index (χ1) is 8.13. The first-order valence-corrected chi connectivity index (χ1v) is 6.82. The van der Waals surface area contributed by atoms with Gasteiger partial charge < -0.3 is 4.74 Å². The molecule has 0 aliphatic rings. The van der Waals surface area contributed by atoms with E-state index >= 15 is 0 Å². The van der Waals surface area contributed by atoms with Crippen LogP contribution in [0.15, 0.2) is 0 Å². The molecular weight excluding hydrogens is 256 g/mol. The minimum Gasteiger partial charge on any atom is -0.373 e. The Morgan fingerprint density at radius 1 is 1.29 bits per heavy atom. The molecule has 0 radical (unpaired) electrons. The molecule has 2 aromatic heterocycles. The van der Waals surface area contributed by atoms with Gasteiger partial charge in [-0.25, -0.2) is 9.97 Å². The van der Waals surface area contributed by atoms with E-state index in [-0.39, 0.29) is 0 Å². The molecule has 3 nitrogen and oxygen atoms in total. The van der Waals surface area contributed by atoms with Gasteiger partial charge in [0.05, 0.1) is 5.39 Å². The van der Waals surface area contributed by atoms with E-state index in [1.807, 2.05) is 0 Å². The summed E-state index contributed by atoms with van der Waals surface area (Å²) in [6.07, 6.45) is 0.993. The molecule has 0 unspecified atom stereocenters. The molecule has 0 N–H and O–H groups in total. The van der Waals surface area contributed by atoms with Crippen molar-refractivity contribution in [3.8, 4) is 0 Å². The van der Waals surface area contributed by atoms with Gasteiger partial charge in [-0.05, 0) is 25.8 Å². The number of hydrogen-bond acceptors (Lipinski definition) is 4. The van der Waals surface area contributed by atoms with Crippen molar-refractivity contribution in [3.63, 3.8) is 0 Å². The van der Waals surface area contributed by atoms with Crippen LogP contribution >= 0.6 is 22.9 Å². The van der Waals surface area contributed by atoms with Crippen LogP contribution in [0.25, 0.3) is 10.2 Å². The standard InChI is InChI=1S/C12H15ClN2OS/c1-4-5-16-6-9-14-11(13)10-7(2)8(3)17-12(10)15-9/h4-6H2,1-3H3.